The lowest BCUT2D eigenvalue weighted by atomic mass is 10.1. The fourth-order valence-corrected chi connectivity index (χ4v) is 4.52. The highest BCUT2D eigenvalue weighted by Crippen LogP contribution is 2.33. The average Bonchev–Trinajstić information content (AvgIpc) is 3.06. The number of halogens is 1. The lowest BCUT2D eigenvalue weighted by Crippen LogP contribution is -2.48. The molecular formula is C24H27ClN4O3. The van der Waals surface area contributed by atoms with Gasteiger partial charge in [0, 0.05) is 49.3 Å². The highest BCUT2D eigenvalue weighted by molar-refractivity contribution is 6.30. The summed E-state index contributed by atoms with van der Waals surface area (Å²) in [6.45, 7) is 5.37. The number of nitrogens with zero attached hydrogens (tertiary/aromatic N) is 3. The van der Waals surface area contributed by atoms with Crippen LogP contribution < -0.4 is 10.2 Å². The normalized spacial score (nSPS) is 14.6. The van der Waals surface area contributed by atoms with E-state index in [1.54, 1.807) is 11.6 Å². The highest BCUT2D eigenvalue weighted by atomic mass is 35.5. The van der Waals surface area contributed by atoms with Crippen LogP contribution in [0.1, 0.15) is 16.1 Å². The van der Waals surface area contributed by atoms with Gasteiger partial charge < -0.3 is 19.5 Å². The number of ether oxygens (including phenoxy) is 1. The maximum absolute atomic E-state index is 13.0. The van der Waals surface area contributed by atoms with E-state index in [0.29, 0.717) is 11.4 Å². The molecule has 4 rings (SSSR count). The van der Waals surface area contributed by atoms with Gasteiger partial charge >= 0.3 is 5.97 Å². The number of benzene rings is 2. The number of aromatic nitrogens is 1. The van der Waals surface area contributed by atoms with Gasteiger partial charge in [0.15, 0.2) is 5.69 Å². The van der Waals surface area contributed by atoms with Gasteiger partial charge in [0.2, 0.25) is 5.91 Å². The minimum absolute atomic E-state index is 0.151. The molecule has 1 aliphatic heterocycles. The van der Waals surface area contributed by atoms with Crippen LogP contribution in [0, 0.1) is 6.92 Å². The van der Waals surface area contributed by atoms with E-state index in [4.69, 9.17) is 16.3 Å². The number of amides is 1. The first-order chi connectivity index (χ1) is 15.4. The Morgan fingerprint density at radius 3 is 2.50 bits per heavy atom. The molecule has 0 unspecified atom stereocenters. The first-order valence-electron chi connectivity index (χ1n) is 10.6. The number of methoxy groups -OCH3 is 1. The third kappa shape index (κ3) is 4.31. The summed E-state index contributed by atoms with van der Waals surface area (Å²) in [6, 6.07) is 13.6. The second-order valence-corrected chi connectivity index (χ2v) is 8.47. The number of rotatable bonds is 5. The molecule has 32 heavy (non-hydrogen) atoms. The molecule has 1 aliphatic rings. The first kappa shape index (κ1) is 22.2. The van der Waals surface area contributed by atoms with Crippen molar-refractivity contribution in [3.05, 3.63) is 58.7 Å². The summed E-state index contributed by atoms with van der Waals surface area (Å²) >= 11 is 6.11. The number of fused-ring (bicyclic) bond motifs is 1. The van der Waals surface area contributed by atoms with E-state index in [2.05, 4.69) is 15.1 Å². The molecule has 1 aromatic heterocycles. The maximum Gasteiger partial charge on any atom is 0.356 e. The maximum atomic E-state index is 13.0. The number of carbonyl (C=O) groups is 2. The van der Waals surface area contributed by atoms with E-state index >= 15 is 0 Å². The molecule has 1 fully saturated rings. The summed E-state index contributed by atoms with van der Waals surface area (Å²) in [4.78, 5) is 29.8. The molecule has 168 valence electrons. The van der Waals surface area contributed by atoms with E-state index in [9.17, 15) is 9.59 Å². The monoisotopic (exact) mass is 454 g/mol. The molecule has 2 heterocycles. The van der Waals surface area contributed by atoms with Crippen molar-refractivity contribution in [3.8, 4) is 0 Å². The van der Waals surface area contributed by atoms with Crippen molar-refractivity contribution in [1.82, 2.24) is 9.47 Å². The van der Waals surface area contributed by atoms with Gasteiger partial charge in [0.25, 0.3) is 0 Å². The Morgan fingerprint density at radius 1 is 1.09 bits per heavy atom. The fourth-order valence-electron chi connectivity index (χ4n) is 4.34. The zero-order valence-electron chi connectivity index (χ0n) is 18.5. The Morgan fingerprint density at radius 2 is 1.81 bits per heavy atom. The third-order valence-electron chi connectivity index (χ3n) is 5.99. The minimum Gasteiger partial charge on any atom is -0.464 e. The lowest BCUT2D eigenvalue weighted by Gasteiger charge is -2.35. The van der Waals surface area contributed by atoms with Crippen molar-refractivity contribution in [3.63, 3.8) is 0 Å². The number of hydrogen-bond acceptors (Lipinski definition) is 5. The summed E-state index contributed by atoms with van der Waals surface area (Å²) in [5.41, 5.74) is 3.80. The Bertz CT molecular complexity index is 1170. The van der Waals surface area contributed by atoms with Gasteiger partial charge in [-0.1, -0.05) is 29.8 Å². The standard InChI is InChI=1S/C24H27ClN4O3/c1-16-6-4-9-19-21(16)22(23(27(19)2)24(31)32-3)26-20(30)15-28-10-12-29(13-11-28)18-8-5-7-17(25)14-18/h4-9,14H,10-13,15H2,1-3H3,(H,26,30). The van der Waals surface area contributed by atoms with E-state index < -0.39 is 5.97 Å². The van der Waals surface area contributed by atoms with E-state index in [1.807, 2.05) is 49.4 Å². The van der Waals surface area contributed by atoms with Gasteiger partial charge in [-0.25, -0.2) is 4.79 Å². The molecule has 2 aromatic carbocycles. The quantitative estimate of drug-likeness (QED) is 0.595. The summed E-state index contributed by atoms with van der Waals surface area (Å²) in [6.07, 6.45) is 0. The van der Waals surface area contributed by atoms with Crippen LogP contribution >= 0.6 is 11.6 Å². The van der Waals surface area contributed by atoms with Gasteiger partial charge in [0.1, 0.15) is 0 Å². The van der Waals surface area contributed by atoms with Crippen molar-refractivity contribution in [2.75, 3.05) is 50.1 Å². The molecule has 0 aliphatic carbocycles. The van der Waals surface area contributed by atoms with Crippen LogP contribution in [0.25, 0.3) is 10.9 Å². The topological polar surface area (TPSA) is 66.8 Å². The molecule has 0 saturated carbocycles. The van der Waals surface area contributed by atoms with Crippen molar-refractivity contribution in [1.29, 1.82) is 0 Å². The Kier molecular flexibility index (Phi) is 6.39. The molecule has 0 atom stereocenters. The number of anilines is 2. The summed E-state index contributed by atoms with van der Waals surface area (Å²) in [7, 11) is 3.15. The van der Waals surface area contributed by atoms with Gasteiger partial charge in [-0.05, 0) is 36.8 Å². The van der Waals surface area contributed by atoms with Crippen LogP contribution in [0.3, 0.4) is 0 Å². The number of aryl methyl sites for hydroxylation is 2. The number of carbonyl (C=O) groups excluding carboxylic acids is 2. The van der Waals surface area contributed by atoms with Crippen LogP contribution in [0.4, 0.5) is 11.4 Å². The number of esters is 1. The second-order valence-electron chi connectivity index (χ2n) is 8.03. The van der Waals surface area contributed by atoms with Crippen LogP contribution in [0.2, 0.25) is 5.02 Å². The van der Waals surface area contributed by atoms with Crippen molar-refractivity contribution in [2.24, 2.45) is 7.05 Å². The average molecular weight is 455 g/mol. The smallest absolute Gasteiger partial charge is 0.356 e. The van der Waals surface area contributed by atoms with Crippen LogP contribution in [0.15, 0.2) is 42.5 Å². The predicted octanol–water partition coefficient (Wildman–Crippen LogP) is 3.69. The molecule has 8 heteroatoms. The molecule has 3 aromatic rings. The summed E-state index contributed by atoms with van der Waals surface area (Å²) in [5.74, 6) is -0.629. The molecule has 7 nitrogen and oxygen atoms in total. The van der Waals surface area contributed by atoms with Gasteiger partial charge in [-0.2, -0.15) is 0 Å². The zero-order valence-corrected chi connectivity index (χ0v) is 19.3. The van der Waals surface area contributed by atoms with E-state index in [0.717, 1.165) is 53.4 Å². The lowest BCUT2D eigenvalue weighted by molar-refractivity contribution is -0.117. The van der Waals surface area contributed by atoms with Crippen LogP contribution in [0.5, 0.6) is 0 Å². The first-order valence-corrected chi connectivity index (χ1v) is 11.0. The molecule has 1 N–H and O–H groups in total. The summed E-state index contributed by atoms with van der Waals surface area (Å²) in [5, 5.41) is 4.57. The van der Waals surface area contributed by atoms with Gasteiger partial charge in [0.05, 0.1) is 24.9 Å². The predicted molar refractivity (Wildman–Crippen MR) is 128 cm³/mol. The third-order valence-corrected chi connectivity index (χ3v) is 6.23. The van der Waals surface area contributed by atoms with Gasteiger partial charge in [-0.15, -0.1) is 0 Å². The van der Waals surface area contributed by atoms with Crippen molar-refractivity contribution >= 4 is 45.8 Å². The number of nitrogens with one attached hydrogen (secondary N) is 1. The Hall–Kier alpha value is -3.03. The largest absolute Gasteiger partial charge is 0.464 e. The molecule has 0 radical (unpaired) electrons. The molecule has 1 amide bonds. The molecule has 1 saturated heterocycles. The highest BCUT2D eigenvalue weighted by Gasteiger charge is 2.25. The molecular weight excluding hydrogens is 428 g/mol. The van der Waals surface area contributed by atoms with Crippen molar-refractivity contribution in [2.45, 2.75) is 6.92 Å². The molecule has 0 bridgehead atoms. The molecule has 0 spiro atoms. The second kappa shape index (κ2) is 9.22. The number of hydrogen-bond donors (Lipinski definition) is 1. The Labute approximate surface area is 192 Å². The minimum atomic E-state index is -0.478. The van der Waals surface area contributed by atoms with Gasteiger partial charge in [-0.3, -0.25) is 9.69 Å². The fraction of sp³-hybridized carbons (Fsp3) is 0.333. The van der Waals surface area contributed by atoms with E-state index in [1.165, 1.54) is 7.11 Å². The summed E-state index contributed by atoms with van der Waals surface area (Å²) < 4.78 is 6.76. The van der Waals surface area contributed by atoms with Crippen LogP contribution in [-0.4, -0.2) is 61.2 Å². The number of piperazine rings is 1. The van der Waals surface area contributed by atoms with Crippen LogP contribution in [-0.2, 0) is 16.6 Å². The SMILES string of the molecule is COC(=O)c1c(NC(=O)CN2CCN(c3cccc(Cl)c3)CC2)c2c(C)cccc2n1C. The Balaban J connectivity index is 1.48. The zero-order chi connectivity index (χ0) is 22.8. The van der Waals surface area contributed by atoms with Crippen molar-refractivity contribution < 1.29 is 14.3 Å². The van der Waals surface area contributed by atoms with E-state index in [-0.39, 0.29) is 12.5 Å².